The van der Waals surface area contributed by atoms with Crippen molar-refractivity contribution in [2.75, 3.05) is 28.4 Å². The number of carbonyl (C=O) groups excluding carboxylic acids is 2. The number of oxime groups is 2. The maximum Gasteiger partial charge on any atom is 0.172 e. The van der Waals surface area contributed by atoms with Crippen LogP contribution in [0.5, 0.6) is 23.0 Å². The second-order valence-electron chi connectivity index (χ2n) is 18.8. The number of halogens is 1. The Morgan fingerprint density at radius 3 is 1.20 bits per heavy atom. The first-order valence-electron chi connectivity index (χ1n) is 28.4. The van der Waals surface area contributed by atoms with E-state index in [9.17, 15) is 9.59 Å². The van der Waals surface area contributed by atoms with Gasteiger partial charge in [0.1, 0.15) is 61.8 Å². The zero-order chi connectivity index (χ0) is 62.4. The molecular formula is C72H75BrN6O8. The minimum absolute atomic E-state index is 0.286. The van der Waals surface area contributed by atoms with Gasteiger partial charge in [-0.2, -0.15) is 0 Å². The summed E-state index contributed by atoms with van der Waals surface area (Å²) in [6.07, 6.45) is 23.3. The van der Waals surface area contributed by atoms with Gasteiger partial charge in [0, 0.05) is 25.0 Å². The van der Waals surface area contributed by atoms with Crippen molar-refractivity contribution in [3.05, 3.63) is 237 Å². The Labute approximate surface area is 521 Å². The van der Waals surface area contributed by atoms with Crippen LogP contribution in [0.2, 0.25) is 0 Å². The summed E-state index contributed by atoms with van der Waals surface area (Å²) in [6, 6.07) is 55.9. The van der Waals surface area contributed by atoms with Gasteiger partial charge in [0.05, 0.1) is 40.9 Å². The lowest BCUT2D eigenvalue weighted by Gasteiger charge is -2.06. The predicted molar refractivity (Wildman–Crippen MR) is 349 cm³/mol. The number of hydrogen-bond donors (Lipinski definition) is 2. The van der Waals surface area contributed by atoms with E-state index in [0.29, 0.717) is 68.6 Å². The van der Waals surface area contributed by atoms with Crippen LogP contribution in [0, 0.1) is 36.0 Å². The van der Waals surface area contributed by atoms with Gasteiger partial charge in [-0.25, -0.2) is 19.9 Å². The molecule has 448 valence electrons. The molecule has 4 aromatic carbocycles. The van der Waals surface area contributed by atoms with Gasteiger partial charge in [-0.15, -0.1) is 12.3 Å². The van der Waals surface area contributed by atoms with Gasteiger partial charge in [0.15, 0.2) is 12.6 Å². The Bertz CT molecular complexity index is 3490. The molecule has 0 spiro atoms. The number of aromatic nitrogens is 4. The van der Waals surface area contributed by atoms with Crippen molar-refractivity contribution in [2.24, 2.45) is 10.3 Å². The zero-order valence-corrected chi connectivity index (χ0v) is 51.4. The molecule has 14 nitrogen and oxygen atoms in total. The average Bonchev–Trinajstić information content (AvgIpc) is 3.74. The topological polar surface area (TPSA) is 188 Å². The number of ether oxygens (including phenoxy) is 4. The van der Waals surface area contributed by atoms with Crippen molar-refractivity contribution in [3.8, 4) is 59.0 Å². The van der Waals surface area contributed by atoms with Crippen molar-refractivity contribution in [1.82, 2.24) is 19.9 Å². The molecule has 15 heteroatoms. The van der Waals surface area contributed by atoms with E-state index in [2.05, 4.69) is 149 Å². The monoisotopic (exact) mass is 1230 g/mol. The zero-order valence-electron chi connectivity index (χ0n) is 49.9. The summed E-state index contributed by atoms with van der Waals surface area (Å²) in [5.74, 6) is 17.0. The number of aryl methyl sites for hydroxylation is 5. The molecule has 0 atom stereocenters. The van der Waals surface area contributed by atoms with Gasteiger partial charge < -0.3 is 29.4 Å². The van der Waals surface area contributed by atoms with Crippen LogP contribution < -0.4 is 18.9 Å². The summed E-state index contributed by atoms with van der Waals surface area (Å²) in [5.41, 5.74) is 9.26. The molecule has 0 saturated heterocycles. The third-order valence-corrected chi connectivity index (χ3v) is 13.0. The van der Waals surface area contributed by atoms with E-state index >= 15 is 0 Å². The summed E-state index contributed by atoms with van der Waals surface area (Å²) in [7, 11) is 6.13. The van der Waals surface area contributed by atoms with E-state index in [1.54, 1.807) is 50.6 Å². The Balaban J connectivity index is 0.000000239. The van der Waals surface area contributed by atoms with Crippen LogP contribution in [0.1, 0.15) is 129 Å². The first kappa shape index (κ1) is 69.6. The molecular weight excluding hydrogens is 1160 g/mol. The van der Waals surface area contributed by atoms with Crippen LogP contribution >= 0.6 is 15.9 Å². The fourth-order valence-corrected chi connectivity index (χ4v) is 8.47. The van der Waals surface area contributed by atoms with Crippen LogP contribution in [0.25, 0.3) is 0 Å². The summed E-state index contributed by atoms with van der Waals surface area (Å²) < 4.78 is 20.9. The summed E-state index contributed by atoms with van der Waals surface area (Å²) >= 11 is 3.14. The molecule has 87 heavy (non-hydrogen) atoms. The molecule has 0 unspecified atom stereocenters. The van der Waals surface area contributed by atoms with Crippen LogP contribution in [-0.2, 0) is 32.1 Å². The number of methoxy groups -OCH3 is 4. The Kier molecular flexibility index (Phi) is 35.0. The minimum Gasteiger partial charge on any atom is -0.494 e. The molecule has 8 rings (SSSR count). The van der Waals surface area contributed by atoms with Crippen molar-refractivity contribution >= 4 is 40.9 Å². The van der Waals surface area contributed by atoms with Crippen LogP contribution in [0.15, 0.2) is 185 Å². The molecule has 8 aromatic rings. The first-order chi connectivity index (χ1) is 42.7. The highest BCUT2D eigenvalue weighted by Gasteiger charge is 2.07. The third-order valence-electron chi connectivity index (χ3n) is 12.6. The summed E-state index contributed by atoms with van der Waals surface area (Å²) in [4.78, 5) is 38.0. The van der Waals surface area contributed by atoms with Crippen molar-refractivity contribution in [2.45, 2.75) is 89.9 Å². The molecule has 0 amide bonds. The molecule has 0 aliphatic carbocycles. The predicted octanol–water partition coefficient (Wildman–Crippen LogP) is 14.7. The quantitative estimate of drug-likeness (QED) is 0.0117. The molecule has 4 aromatic heterocycles. The molecule has 4 heterocycles. The number of nitrogens with zero attached hydrogens (tertiary/aromatic N) is 6. The highest BCUT2D eigenvalue weighted by molar-refractivity contribution is 9.10. The SMILES string of the molecule is C#CCCCc1ccccc1.COc1ccc(Br)nc1C=O.COc1ccc(C#CCCCc2ccccc2)nc1/C=N\O.COc1ccc(C#CCCCc2ccccc2)nc1C=O.COc1ccc(CCCCCc2ccccc2)nc1/C=N/O. The van der Waals surface area contributed by atoms with Gasteiger partial charge in [0.25, 0.3) is 0 Å². The molecule has 0 aliphatic rings. The third kappa shape index (κ3) is 28.5. The standard InChI is InChI=1S/C18H22N2O2.C18H18N2O2.C18H17NO2.C11H12.C7H6BrNO2/c2*1-22-18-13-12-16(20-17(18)14-19-21)11-7-3-6-10-15-8-4-2-5-9-15;1-21-18-13-12-16(19-17(18)14-20)11-7-3-6-10-15-8-4-2-5-9-15;1-2-3-5-8-11-9-6-4-7-10-11;1-11-6-2-3-7(8)9-5(6)4-10/h2,4-5,8-9,12-14,21H,3,6-7,10-11H2,1H3;2,4-5,8-9,12-14,21H,3,6,10H2,1H3;2,4-5,8-9,12-14H,3,6,10H2,1H3;1,4,6-7,9-10H,3,5,8H2;2-4H,1H3/b19-14+;19-14-;;;. The number of carbonyl (C=O) groups is 2. The van der Waals surface area contributed by atoms with E-state index in [-0.39, 0.29) is 5.69 Å². The number of benzene rings is 4. The largest absolute Gasteiger partial charge is 0.494 e. The van der Waals surface area contributed by atoms with E-state index in [0.717, 1.165) is 82.7 Å². The number of terminal acetylenes is 1. The number of pyridine rings is 4. The lowest BCUT2D eigenvalue weighted by molar-refractivity contribution is 0.110. The fraction of sp³-hybridized carbons (Fsp3) is 0.250. The Morgan fingerprint density at radius 2 is 0.782 bits per heavy atom. The van der Waals surface area contributed by atoms with E-state index in [1.807, 2.05) is 60.7 Å². The summed E-state index contributed by atoms with van der Waals surface area (Å²) in [5, 5.41) is 23.3. The molecule has 0 radical (unpaired) electrons. The van der Waals surface area contributed by atoms with Crippen LogP contribution in [0.3, 0.4) is 0 Å². The van der Waals surface area contributed by atoms with Crippen molar-refractivity contribution < 1.29 is 39.0 Å². The molecule has 0 saturated carbocycles. The van der Waals surface area contributed by atoms with E-state index < -0.39 is 0 Å². The number of hydrogen-bond acceptors (Lipinski definition) is 14. The first-order valence-corrected chi connectivity index (χ1v) is 29.2. The Hall–Kier alpha value is -9.88. The van der Waals surface area contributed by atoms with Crippen molar-refractivity contribution in [1.29, 1.82) is 0 Å². The molecule has 0 fully saturated rings. The number of unbranched alkanes of at least 4 members (excludes halogenated alkanes) is 5. The summed E-state index contributed by atoms with van der Waals surface area (Å²) in [6.45, 7) is 0. The second kappa shape index (κ2) is 43.7. The highest BCUT2D eigenvalue weighted by Crippen LogP contribution is 2.19. The fourth-order valence-electron chi connectivity index (χ4n) is 8.15. The van der Waals surface area contributed by atoms with Gasteiger partial charge in [0.2, 0.25) is 0 Å². The Morgan fingerprint density at radius 1 is 0.425 bits per heavy atom. The van der Waals surface area contributed by atoms with Crippen LogP contribution in [-0.4, -0.2) is 83.8 Å². The van der Waals surface area contributed by atoms with E-state index in [1.165, 1.54) is 61.7 Å². The minimum atomic E-state index is 0.286. The second-order valence-corrected chi connectivity index (χ2v) is 19.6. The number of rotatable bonds is 23. The van der Waals surface area contributed by atoms with Gasteiger partial charge in [-0.3, -0.25) is 9.59 Å². The highest BCUT2D eigenvalue weighted by atomic mass is 79.9. The van der Waals surface area contributed by atoms with Gasteiger partial charge in [-0.05, 0) is 163 Å². The van der Waals surface area contributed by atoms with Gasteiger partial charge in [-0.1, -0.05) is 150 Å². The number of aldehydes is 2. The smallest absolute Gasteiger partial charge is 0.172 e. The maximum atomic E-state index is 10.9. The normalized spacial score (nSPS) is 9.98. The van der Waals surface area contributed by atoms with Gasteiger partial charge >= 0.3 is 0 Å². The lowest BCUT2D eigenvalue weighted by atomic mass is 10.1. The molecule has 2 N–H and O–H groups in total. The maximum absolute atomic E-state index is 10.9. The molecule has 0 bridgehead atoms. The lowest BCUT2D eigenvalue weighted by Crippen LogP contribution is -1.99. The average molecular weight is 1230 g/mol. The van der Waals surface area contributed by atoms with E-state index in [4.69, 9.17) is 35.8 Å². The van der Waals surface area contributed by atoms with Crippen LogP contribution in [0.4, 0.5) is 0 Å². The molecule has 0 aliphatic heterocycles. The van der Waals surface area contributed by atoms with Crippen molar-refractivity contribution in [3.63, 3.8) is 0 Å².